The molecule has 0 spiro atoms. The van der Waals surface area contributed by atoms with Crippen molar-refractivity contribution in [3.8, 4) is 0 Å². The highest BCUT2D eigenvalue weighted by molar-refractivity contribution is 6.31. The minimum Gasteiger partial charge on any atom is -0.352 e. The molecule has 1 fully saturated rings. The molecular weight excluding hydrogens is 402 g/mol. The van der Waals surface area contributed by atoms with Gasteiger partial charge in [0.1, 0.15) is 6.04 Å². The summed E-state index contributed by atoms with van der Waals surface area (Å²) >= 11 is 6.34. The van der Waals surface area contributed by atoms with Gasteiger partial charge in [-0.2, -0.15) is 0 Å². The van der Waals surface area contributed by atoms with E-state index in [9.17, 15) is 14.4 Å². The third-order valence-electron chi connectivity index (χ3n) is 5.57. The molecule has 0 bridgehead atoms. The number of nitrogens with one attached hydrogen (secondary N) is 1. The predicted molar refractivity (Wildman–Crippen MR) is 114 cm³/mol. The molecule has 3 amide bonds. The topological polar surface area (TPSA) is 69.7 Å². The maximum atomic E-state index is 13.4. The summed E-state index contributed by atoms with van der Waals surface area (Å²) in [5.41, 5.74) is 2.49. The maximum Gasteiger partial charge on any atom is 0.247 e. The van der Waals surface area contributed by atoms with Crippen molar-refractivity contribution in [2.45, 2.75) is 25.4 Å². The fourth-order valence-corrected chi connectivity index (χ4v) is 4.38. The Morgan fingerprint density at radius 3 is 2.53 bits per heavy atom. The fourth-order valence-electron chi connectivity index (χ4n) is 4.14. The van der Waals surface area contributed by atoms with Crippen molar-refractivity contribution >= 4 is 35.4 Å². The van der Waals surface area contributed by atoms with Crippen LogP contribution in [0.15, 0.2) is 54.7 Å². The molecule has 0 aromatic heterocycles. The maximum absolute atomic E-state index is 13.4. The summed E-state index contributed by atoms with van der Waals surface area (Å²) in [6.45, 7) is 2.24. The van der Waals surface area contributed by atoms with Crippen LogP contribution in [0.4, 0.5) is 0 Å². The van der Waals surface area contributed by atoms with Gasteiger partial charge in [-0.15, -0.1) is 0 Å². The molecule has 0 saturated carbocycles. The second-order valence-electron chi connectivity index (χ2n) is 7.39. The first-order valence-electron chi connectivity index (χ1n) is 9.85. The molecule has 1 saturated heterocycles. The Morgan fingerprint density at radius 2 is 1.80 bits per heavy atom. The number of piperazine rings is 1. The number of hydrogen-bond acceptors (Lipinski definition) is 3. The lowest BCUT2D eigenvalue weighted by Crippen LogP contribution is -2.52. The van der Waals surface area contributed by atoms with E-state index in [1.165, 1.54) is 6.92 Å². The largest absolute Gasteiger partial charge is 0.352 e. The van der Waals surface area contributed by atoms with Crippen molar-refractivity contribution in [3.05, 3.63) is 76.4 Å². The number of halogens is 1. The van der Waals surface area contributed by atoms with E-state index < -0.39 is 12.1 Å². The van der Waals surface area contributed by atoms with Crippen LogP contribution in [0.3, 0.4) is 0 Å². The van der Waals surface area contributed by atoms with Gasteiger partial charge in [0, 0.05) is 36.8 Å². The van der Waals surface area contributed by atoms with Crippen LogP contribution in [0.1, 0.15) is 42.1 Å². The number of nitrogens with zero attached hydrogens (tertiary/aromatic N) is 2. The SMILES string of the molecule is CC(=O)N1C=Cc2ccccc2C1CC(=O)N1CCNC(=O)C1c1ccccc1Cl. The molecule has 2 aromatic rings. The second kappa shape index (κ2) is 8.32. The zero-order valence-electron chi connectivity index (χ0n) is 16.5. The van der Waals surface area contributed by atoms with Gasteiger partial charge in [-0.25, -0.2) is 0 Å². The monoisotopic (exact) mass is 423 g/mol. The lowest BCUT2D eigenvalue weighted by atomic mass is 9.92. The number of rotatable bonds is 3. The molecule has 154 valence electrons. The summed E-state index contributed by atoms with van der Waals surface area (Å²) in [5.74, 6) is -0.594. The van der Waals surface area contributed by atoms with E-state index in [4.69, 9.17) is 11.6 Å². The normalized spacial score (nSPS) is 20.5. The molecule has 30 heavy (non-hydrogen) atoms. The van der Waals surface area contributed by atoms with Gasteiger partial charge in [-0.3, -0.25) is 14.4 Å². The first-order valence-corrected chi connectivity index (χ1v) is 10.2. The summed E-state index contributed by atoms with van der Waals surface area (Å²) < 4.78 is 0. The molecule has 2 aromatic carbocycles. The van der Waals surface area contributed by atoms with Gasteiger partial charge in [0.15, 0.2) is 0 Å². The van der Waals surface area contributed by atoms with E-state index in [-0.39, 0.29) is 24.1 Å². The van der Waals surface area contributed by atoms with E-state index in [1.807, 2.05) is 30.3 Å². The molecular formula is C23H22ClN3O3. The van der Waals surface area contributed by atoms with Crippen molar-refractivity contribution in [3.63, 3.8) is 0 Å². The molecule has 7 heteroatoms. The van der Waals surface area contributed by atoms with Crippen molar-refractivity contribution in [2.75, 3.05) is 13.1 Å². The Hall–Kier alpha value is -3.12. The highest BCUT2D eigenvalue weighted by Crippen LogP contribution is 2.35. The van der Waals surface area contributed by atoms with Gasteiger partial charge >= 0.3 is 0 Å². The highest BCUT2D eigenvalue weighted by atomic mass is 35.5. The van der Waals surface area contributed by atoms with E-state index in [1.54, 1.807) is 40.3 Å². The van der Waals surface area contributed by atoms with Gasteiger partial charge in [0.2, 0.25) is 17.7 Å². The lowest BCUT2D eigenvalue weighted by Gasteiger charge is -2.38. The number of carbonyl (C=O) groups excluding carboxylic acids is 3. The minimum atomic E-state index is -0.792. The van der Waals surface area contributed by atoms with Crippen LogP contribution < -0.4 is 5.32 Å². The van der Waals surface area contributed by atoms with Crippen LogP contribution in [-0.2, 0) is 14.4 Å². The van der Waals surface area contributed by atoms with Crippen LogP contribution in [-0.4, -0.2) is 40.6 Å². The summed E-state index contributed by atoms with van der Waals surface area (Å²) in [7, 11) is 0. The summed E-state index contributed by atoms with van der Waals surface area (Å²) in [4.78, 5) is 41.5. The van der Waals surface area contributed by atoms with Crippen molar-refractivity contribution in [1.82, 2.24) is 15.1 Å². The fraction of sp³-hybridized carbons (Fsp3) is 0.261. The average Bonchev–Trinajstić information content (AvgIpc) is 2.74. The summed E-state index contributed by atoms with van der Waals surface area (Å²) in [6, 6.07) is 13.6. The third-order valence-corrected chi connectivity index (χ3v) is 5.91. The molecule has 2 aliphatic rings. The first kappa shape index (κ1) is 20.2. The van der Waals surface area contributed by atoms with E-state index >= 15 is 0 Å². The zero-order chi connectivity index (χ0) is 21.3. The van der Waals surface area contributed by atoms with Gasteiger partial charge in [-0.05, 0) is 23.3 Å². The zero-order valence-corrected chi connectivity index (χ0v) is 17.3. The molecule has 2 aliphatic heterocycles. The standard InChI is InChI=1S/C23H22ClN3O3/c1-15(28)26-12-10-16-6-2-3-7-17(16)20(26)14-21(29)27-13-11-25-23(30)22(27)18-8-4-5-9-19(18)24/h2-10,12,20,22H,11,13-14H2,1H3,(H,25,30). The molecule has 2 unspecified atom stereocenters. The number of amides is 3. The molecule has 0 aliphatic carbocycles. The van der Waals surface area contributed by atoms with Crippen LogP contribution >= 0.6 is 11.6 Å². The number of hydrogen-bond donors (Lipinski definition) is 1. The Bertz CT molecular complexity index is 1040. The first-order chi connectivity index (χ1) is 14.5. The highest BCUT2D eigenvalue weighted by Gasteiger charge is 2.38. The Kier molecular flexibility index (Phi) is 5.59. The molecule has 1 N–H and O–H groups in total. The smallest absolute Gasteiger partial charge is 0.247 e. The van der Waals surface area contributed by atoms with Crippen LogP contribution in [0, 0.1) is 0 Å². The van der Waals surface area contributed by atoms with Gasteiger partial charge in [0.05, 0.1) is 12.5 Å². The van der Waals surface area contributed by atoms with Crippen molar-refractivity contribution in [2.24, 2.45) is 0 Å². The quantitative estimate of drug-likeness (QED) is 0.823. The van der Waals surface area contributed by atoms with Crippen molar-refractivity contribution < 1.29 is 14.4 Å². The Balaban J connectivity index is 1.66. The van der Waals surface area contributed by atoms with E-state index in [2.05, 4.69) is 5.32 Å². The molecule has 2 heterocycles. The summed E-state index contributed by atoms with van der Waals surface area (Å²) in [5, 5.41) is 3.26. The lowest BCUT2D eigenvalue weighted by molar-refractivity contribution is -0.145. The van der Waals surface area contributed by atoms with Crippen LogP contribution in [0.5, 0.6) is 0 Å². The summed E-state index contributed by atoms with van der Waals surface area (Å²) in [6.07, 6.45) is 3.67. The predicted octanol–water partition coefficient (Wildman–Crippen LogP) is 3.30. The van der Waals surface area contributed by atoms with E-state index in [0.29, 0.717) is 23.7 Å². The molecule has 0 radical (unpaired) electrons. The molecule has 4 rings (SSSR count). The number of fused-ring (bicyclic) bond motifs is 1. The van der Waals surface area contributed by atoms with E-state index in [0.717, 1.165) is 11.1 Å². The molecule has 2 atom stereocenters. The van der Waals surface area contributed by atoms with Gasteiger partial charge < -0.3 is 15.1 Å². The van der Waals surface area contributed by atoms with Crippen LogP contribution in [0.2, 0.25) is 5.02 Å². The average molecular weight is 424 g/mol. The Labute approximate surface area is 180 Å². The number of benzene rings is 2. The van der Waals surface area contributed by atoms with Crippen molar-refractivity contribution in [1.29, 1.82) is 0 Å². The second-order valence-corrected chi connectivity index (χ2v) is 7.80. The van der Waals surface area contributed by atoms with Crippen LogP contribution in [0.25, 0.3) is 6.08 Å². The van der Waals surface area contributed by atoms with Gasteiger partial charge in [0.25, 0.3) is 0 Å². The van der Waals surface area contributed by atoms with Gasteiger partial charge in [-0.1, -0.05) is 54.1 Å². The third kappa shape index (κ3) is 3.71. The molecule has 6 nitrogen and oxygen atoms in total. The Morgan fingerprint density at radius 1 is 1.10 bits per heavy atom. The minimum absolute atomic E-state index is 0.0785. The number of carbonyl (C=O) groups is 3.